The van der Waals surface area contributed by atoms with E-state index in [0.29, 0.717) is 24.8 Å². The van der Waals surface area contributed by atoms with Crippen molar-refractivity contribution in [3.63, 3.8) is 0 Å². The molecular formula is C12H21NO3. The van der Waals surface area contributed by atoms with Crippen LogP contribution in [0.3, 0.4) is 0 Å². The maximum atomic E-state index is 11.4. The summed E-state index contributed by atoms with van der Waals surface area (Å²) in [6.07, 6.45) is 1.23. The van der Waals surface area contributed by atoms with Gasteiger partial charge in [0.25, 0.3) is 0 Å². The van der Waals surface area contributed by atoms with E-state index in [2.05, 4.69) is 18.4 Å². The van der Waals surface area contributed by atoms with Gasteiger partial charge < -0.3 is 9.47 Å². The summed E-state index contributed by atoms with van der Waals surface area (Å²) in [4.78, 5) is 13.5. The molecule has 0 N–H and O–H groups in total. The van der Waals surface area contributed by atoms with E-state index in [9.17, 15) is 4.79 Å². The Labute approximate surface area is 97.2 Å². The molecule has 4 heteroatoms. The van der Waals surface area contributed by atoms with Crippen molar-refractivity contribution in [3.05, 3.63) is 12.2 Å². The molecule has 1 saturated heterocycles. The van der Waals surface area contributed by atoms with Crippen LogP contribution in [0.25, 0.3) is 0 Å². The van der Waals surface area contributed by atoms with Gasteiger partial charge in [-0.25, -0.2) is 4.79 Å². The summed E-state index contributed by atoms with van der Waals surface area (Å²) in [5.74, 6) is -0.305. The summed E-state index contributed by atoms with van der Waals surface area (Å²) in [6.45, 7) is 9.33. The average molecular weight is 227 g/mol. The quantitative estimate of drug-likeness (QED) is 0.523. The van der Waals surface area contributed by atoms with Crippen molar-refractivity contribution in [2.24, 2.45) is 0 Å². The fourth-order valence-electron chi connectivity index (χ4n) is 2.02. The SMILES string of the molecule is C=C(CN(C)C1CCOC1C)C(=O)OCC. The molecule has 1 aliphatic heterocycles. The molecule has 0 amide bonds. The third-order valence-corrected chi connectivity index (χ3v) is 2.91. The van der Waals surface area contributed by atoms with Gasteiger partial charge in [0.1, 0.15) is 0 Å². The molecule has 16 heavy (non-hydrogen) atoms. The maximum absolute atomic E-state index is 11.4. The molecule has 2 atom stereocenters. The highest BCUT2D eigenvalue weighted by molar-refractivity contribution is 5.88. The van der Waals surface area contributed by atoms with E-state index >= 15 is 0 Å². The molecule has 2 unspecified atom stereocenters. The first-order chi connectivity index (χ1) is 7.56. The van der Waals surface area contributed by atoms with Gasteiger partial charge in [-0.3, -0.25) is 4.90 Å². The van der Waals surface area contributed by atoms with Crippen molar-refractivity contribution in [2.75, 3.05) is 26.8 Å². The first-order valence-corrected chi connectivity index (χ1v) is 5.73. The van der Waals surface area contributed by atoms with Crippen LogP contribution in [-0.2, 0) is 14.3 Å². The topological polar surface area (TPSA) is 38.8 Å². The van der Waals surface area contributed by atoms with E-state index in [1.54, 1.807) is 6.92 Å². The predicted octanol–water partition coefficient (Wildman–Crippen LogP) is 1.21. The fraction of sp³-hybridized carbons (Fsp3) is 0.750. The standard InChI is InChI=1S/C12H21NO3/c1-5-15-12(14)9(2)8-13(4)11-6-7-16-10(11)3/h10-11H,2,5-8H2,1,3-4H3. The van der Waals surface area contributed by atoms with Gasteiger partial charge in [-0.1, -0.05) is 6.58 Å². The lowest BCUT2D eigenvalue weighted by Crippen LogP contribution is -2.38. The molecule has 0 aromatic rings. The largest absolute Gasteiger partial charge is 0.463 e. The zero-order chi connectivity index (χ0) is 12.1. The van der Waals surface area contributed by atoms with Crippen molar-refractivity contribution in [2.45, 2.75) is 32.4 Å². The third kappa shape index (κ3) is 3.32. The normalized spacial score (nSPS) is 24.8. The molecule has 4 nitrogen and oxygen atoms in total. The van der Waals surface area contributed by atoms with Crippen LogP contribution in [0, 0.1) is 0 Å². The lowest BCUT2D eigenvalue weighted by molar-refractivity contribution is -0.138. The molecule has 0 aromatic carbocycles. The number of hydrogen-bond acceptors (Lipinski definition) is 4. The Kier molecular flexibility index (Phi) is 4.96. The van der Waals surface area contributed by atoms with E-state index in [1.807, 2.05) is 7.05 Å². The van der Waals surface area contributed by atoms with Crippen molar-refractivity contribution < 1.29 is 14.3 Å². The van der Waals surface area contributed by atoms with E-state index < -0.39 is 0 Å². The zero-order valence-electron chi connectivity index (χ0n) is 10.4. The summed E-state index contributed by atoms with van der Waals surface area (Å²) in [5, 5.41) is 0. The summed E-state index contributed by atoms with van der Waals surface area (Å²) in [5.41, 5.74) is 0.503. The molecule has 1 heterocycles. The van der Waals surface area contributed by atoms with Crippen molar-refractivity contribution in [3.8, 4) is 0 Å². The average Bonchev–Trinajstić information content (AvgIpc) is 2.64. The Morgan fingerprint density at radius 1 is 1.62 bits per heavy atom. The summed E-state index contributed by atoms with van der Waals surface area (Å²) >= 11 is 0. The van der Waals surface area contributed by atoms with E-state index in [4.69, 9.17) is 9.47 Å². The van der Waals surface area contributed by atoms with Crippen LogP contribution in [0.4, 0.5) is 0 Å². The Morgan fingerprint density at radius 2 is 2.31 bits per heavy atom. The van der Waals surface area contributed by atoms with Gasteiger partial charge in [0.15, 0.2) is 0 Å². The van der Waals surface area contributed by atoms with E-state index in [-0.39, 0.29) is 12.1 Å². The molecule has 1 fully saturated rings. The molecule has 1 rings (SSSR count). The van der Waals surface area contributed by atoms with Gasteiger partial charge in [0, 0.05) is 24.8 Å². The second-order valence-electron chi connectivity index (χ2n) is 4.17. The van der Waals surface area contributed by atoms with Crippen LogP contribution in [-0.4, -0.2) is 49.8 Å². The molecule has 0 bridgehead atoms. The van der Waals surface area contributed by atoms with Gasteiger partial charge in [-0.15, -0.1) is 0 Å². The second kappa shape index (κ2) is 6.01. The summed E-state index contributed by atoms with van der Waals surface area (Å²) in [6, 6.07) is 0.367. The van der Waals surface area contributed by atoms with Crippen LogP contribution in [0.2, 0.25) is 0 Å². The highest BCUT2D eigenvalue weighted by Gasteiger charge is 2.28. The van der Waals surface area contributed by atoms with Gasteiger partial charge in [-0.05, 0) is 27.3 Å². The van der Waals surface area contributed by atoms with E-state index in [1.165, 1.54) is 0 Å². The van der Waals surface area contributed by atoms with Crippen LogP contribution in [0.1, 0.15) is 20.3 Å². The molecule has 0 spiro atoms. The summed E-state index contributed by atoms with van der Waals surface area (Å²) < 4.78 is 10.4. The van der Waals surface area contributed by atoms with Crippen LogP contribution < -0.4 is 0 Å². The fourth-order valence-corrected chi connectivity index (χ4v) is 2.02. The van der Waals surface area contributed by atoms with Crippen LogP contribution in [0.15, 0.2) is 12.2 Å². The van der Waals surface area contributed by atoms with Gasteiger partial charge >= 0.3 is 5.97 Å². The Hall–Kier alpha value is -0.870. The number of hydrogen-bond donors (Lipinski definition) is 0. The lowest BCUT2D eigenvalue weighted by atomic mass is 10.1. The molecule has 0 aliphatic carbocycles. The molecule has 0 aromatic heterocycles. The summed E-state index contributed by atoms with van der Waals surface area (Å²) in [7, 11) is 1.99. The Morgan fingerprint density at radius 3 is 2.81 bits per heavy atom. The third-order valence-electron chi connectivity index (χ3n) is 2.91. The smallest absolute Gasteiger partial charge is 0.334 e. The minimum absolute atomic E-state index is 0.222. The molecule has 0 radical (unpaired) electrons. The number of rotatable bonds is 5. The first-order valence-electron chi connectivity index (χ1n) is 5.73. The number of esters is 1. The highest BCUT2D eigenvalue weighted by Crippen LogP contribution is 2.18. The van der Waals surface area contributed by atoms with Gasteiger partial charge in [-0.2, -0.15) is 0 Å². The minimum Gasteiger partial charge on any atom is -0.463 e. The maximum Gasteiger partial charge on any atom is 0.334 e. The molecular weight excluding hydrogens is 206 g/mol. The Bertz CT molecular complexity index is 265. The number of nitrogens with zero attached hydrogens (tertiary/aromatic N) is 1. The predicted molar refractivity (Wildman–Crippen MR) is 62.2 cm³/mol. The molecule has 1 aliphatic rings. The minimum atomic E-state index is -0.305. The number of carbonyl (C=O) groups is 1. The second-order valence-corrected chi connectivity index (χ2v) is 4.17. The number of carbonyl (C=O) groups excluding carboxylic acids is 1. The van der Waals surface area contributed by atoms with Crippen molar-refractivity contribution in [1.82, 2.24) is 4.90 Å². The Balaban J connectivity index is 2.41. The van der Waals surface area contributed by atoms with Crippen LogP contribution >= 0.6 is 0 Å². The molecule has 92 valence electrons. The number of ether oxygens (including phenoxy) is 2. The van der Waals surface area contributed by atoms with Crippen molar-refractivity contribution in [1.29, 1.82) is 0 Å². The highest BCUT2D eigenvalue weighted by atomic mass is 16.5. The van der Waals surface area contributed by atoms with E-state index in [0.717, 1.165) is 13.0 Å². The van der Waals surface area contributed by atoms with Gasteiger partial charge in [0.2, 0.25) is 0 Å². The van der Waals surface area contributed by atoms with Crippen molar-refractivity contribution >= 4 is 5.97 Å². The first kappa shape index (κ1) is 13.2. The zero-order valence-corrected chi connectivity index (χ0v) is 10.4. The number of likely N-dealkylation sites (N-methyl/N-ethyl adjacent to an activating group) is 1. The monoisotopic (exact) mass is 227 g/mol. The molecule has 0 saturated carbocycles. The van der Waals surface area contributed by atoms with Crippen LogP contribution in [0.5, 0.6) is 0 Å². The van der Waals surface area contributed by atoms with Gasteiger partial charge in [0.05, 0.1) is 12.7 Å². The lowest BCUT2D eigenvalue weighted by Gasteiger charge is -2.26.